The molecule has 0 radical (unpaired) electrons. The number of hydrogen-bond acceptors (Lipinski definition) is 3. The number of nitrogens with one attached hydrogen (secondary N) is 1. The van der Waals surface area contributed by atoms with Gasteiger partial charge in [-0.15, -0.1) is 0 Å². The predicted molar refractivity (Wildman–Crippen MR) is 72.3 cm³/mol. The van der Waals surface area contributed by atoms with Gasteiger partial charge in [-0.1, -0.05) is 13.3 Å². The predicted octanol–water partition coefficient (Wildman–Crippen LogP) is 1.62. The van der Waals surface area contributed by atoms with E-state index in [0.29, 0.717) is 5.92 Å². The first-order valence-corrected chi connectivity index (χ1v) is 7.09. The molecule has 2 rings (SSSR count). The Labute approximate surface area is 109 Å². The van der Waals surface area contributed by atoms with Crippen LogP contribution in [-0.4, -0.2) is 27.5 Å². The van der Waals surface area contributed by atoms with Crippen LogP contribution in [0.4, 0.5) is 0 Å². The maximum atomic E-state index is 9.64. The fraction of sp³-hybridized carbons (Fsp3) is 0.786. The molecule has 0 amide bonds. The highest BCUT2D eigenvalue weighted by Gasteiger charge is 2.19. The SMILES string of the molecule is CCc1nn(C)cc1CNCC1CCCC(O)C1. The summed E-state index contributed by atoms with van der Waals surface area (Å²) in [5, 5.41) is 17.6. The van der Waals surface area contributed by atoms with Gasteiger partial charge in [-0.2, -0.15) is 5.10 Å². The summed E-state index contributed by atoms with van der Waals surface area (Å²) in [6.45, 7) is 4.04. The van der Waals surface area contributed by atoms with Crippen LogP contribution in [0.2, 0.25) is 0 Å². The first-order valence-electron chi connectivity index (χ1n) is 7.09. The van der Waals surface area contributed by atoms with Crippen LogP contribution < -0.4 is 5.32 Å². The van der Waals surface area contributed by atoms with E-state index in [0.717, 1.165) is 32.4 Å². The van der Waals surface area contributed by atoms with Gasteiger partial charge in [0.25, 0.3) is 0 Å². The molecular weight excluding hydrogens is 226 g/mol. The molecule has 18 heavy (non-hydrogen) atoms. The second-order valence-corrected chi connectivity index (χ2v) is 5.45. The summed E-state index contributed by atoms with van der Waals surface area (Å²) in [5.41, 5.74) is 2.49. The molecule has 1 aromatic heterocycles. The summed E-state index contributed by atoms with van der Waals surface area (Å²) in [7, 11) is 1.97. The van der Waals surface area contributed by atoms with E-state index in [9.17, 15) is 5.11 Å². The minimum absolute atomic E-state index is 0.0739. The van der Waals surface area contributed by atoms with Gasteiger partial charge in [0, 0.05) is 25.4 Å². The van der Waals surface area contributed by atoms with Gasteiger partial charge < -0.3 is 10.4 Å². The van der Waals surface area contributed by atoms with Crippen molar-refractivity contribution in [2.24, 2.45) is 13.0 Å². The van der Waals surface area contributed by atoms with Crippen LogP contribution in [0.15, 0.2) is 6.20 Å². The number of aromatic nitrogens is 2. The molecule has 4 heteroatoms. The van der Waals surface area contributed by atoms with Gasteiger partial charge in [-0.05, 0) is 38.1 Å². The molecule has 1 aliphatic carbocycles. The zero-order valence-electron chi connectivity index (χ0n) is 11.5. The molecule has 1 saturated carbocycles. The molecule has 1 aliphatic rings. The van der Waals surface area contributed by atoms with Crippen molar-refractivity contribution in [3.05, 3.63) is 17.5 Å². The van der Waals surface area contributed by atoms with Crippen LogP contribution in [0.5, 0.6) is 0 Å². The Balaban J connectivity index is 1.77. The zero-order chi connectivity index (χ0) is 13.0. The molecule has 4 nitrogen and oxygen atoms in total. The quantitative estimate of drug-likeness (QED) is 0.836. The molecule has 1 fully saturated rings. The Morgan fingerprint density at radius 1 is 1.50 bits per heavy atom. The molecule has 0 bridgehead atoms. The van der Waals surface area contributed by atoms with Crippen molar-refractivity contribution in [2.75, 3.05) is 6.54 Å². The first kappa shape index (κ1) is 13.6. The van der Waals surface area contributed by atoms with E-state index in [2.05, 4.69) is 23.5 Å². The van der Waals surface area contributed by atoms with Gasteiger partial charge in [-0.25, -0.2) is 0 Å². The minimum Gasteiger partial charge on any atom is -0.393 e. The number of aliphatic hydroxyl groups is 1. The Kier molecular flexibility index (Phi) is 4.78. The van der Waals surface area contributed by atoms with E-state index in [1.165, 1.54) is 24.1 Å². The van der Waals surface area contributed by atoms with Gasteiger partial charge in [0.15, 0.2) is 0 Å². The summed E-state index contributed by atoms with van der Waals surface area (Å²) < 4.78 is 1.89. The van der Waals surface area contributed by atoms with Crippen molar-refractivity contribution in [1.82, 2.24) is 15.1 Å². The van der Waals surface area contributed by atoms with Crippen molar-refractivity contribution in [2.45, 2.75) is 51.7 Å². The highest BCUT2D eigenvalue weighted by Crippen LogP contribution is 2.23. The van der Waals surface area contributed by atoms with Crippen LogP contribution >= 0.6 is 0 Å². The second kappa shape index (κ2) is 6.34. The average Bonchev–Trinajstić information content (AvgIpc) is 2.70. The van der Waals surface area contributed by atoms with E-state index in [4.69, 9.17) is 0 Å². The van der Waals surface area contributed by atoms with E-state index >= 15 is 0 Å². The standard InChI is InChI=1S/C14H25N3O/c1-3-14-12(10-17(2)16-14)9-15-8-11-5-4-6-13(18)7-11/h10-11,13,15,18H,3-9H2,1-2H3. The summed E-state index contributed by atoms with van der Waals surface area (Å²) in [6, 6.07) is 0. The van der Waals surface area contributed by atoms with Crippen LogP contribution in [0.25, 0.3) is 0 Å². The van der Waals surface area contributed by atoms with E-state index < -0.39 is 0 Å². The monoisotopic (exact) mass is 251 g/mol. The molecule has 0 aromatic carbocycles. The normalized spacial score (nSPS) is 24.4. The van der Waals surface area contributed by atoms with Crippen molar-refractivity contribution >= 4 is 0 Å². The topological polar surface area (TPSA) is 50.1 Å². The van der Waals surface area contributed by atoms with Crippen LogP contribution in [0, 0.1) is 5.92 Å². The molecule has 2 unspecified atom stereocenters. The molecule has 0 saturated heterocycles. The number of rotatable bonds is 5. The minimum atomic E-state index is -0.0739. The Hall–Kier alpha value is -0.870. The van der Waals surface area contributed by atoms with Crippen LogP contribution in [0.1, 0.15) is 43.9 Å². The van der Waals surface area contributed by atoms with E-state index in [-0.39, 0.29) is 6.10 Å². The van der Waals surface area contributed by atoms with Crippen molar-refractivity contribution in [3.8, 4) is 0 Å². The van der Waals surface area contributed by atoms with Gasteiger partial charge >= 0.3 is 0 Å². The number of aliphatic hydroxyl groups excluding tert-OH is 1. The molecule has 2 atom stereocenters. The van der Waals surface area contributed by atoms with Crippen molar-refractivity contribution in [3.63, 3.8) is 0 Å². The molecule has 102 valence electrons. The van der Waals surface area contributed by atoms with Gasteiger partial charge in [-0.3, -0.25) is 4.68 Å². The first-order chi connectivity index (χ1) is 8.69. The molecule has 1 aromatic rings. The van der Waals surface area contributed by atoms with Gasteiger partial charge in [0.2, 0.25) is 0 Å². The Bertz CT molecular complexity index is 375. The van der Waals surface area contributed by atoms with Gasteiger partial charge in [0.05, 0.1) is 11.8 Å². The molecular formula is C14H25N3O. The molecule has 2 N–H and O–H groups in total. The highest BCUT2D eigenvalue weighted by molar-refractivity contribution is 5.16. The summed E-state index contributed by atoms with van der Waals surface area (Å²) in [5.74, 6) is 0.635. The fourth-order valence-electron chi connectivity index (χ4n) is 2.89. The van der Waals surface area contributed by atoms with E-state index in [1.807, 2.05) is 11.7 Å². The van der Waals surface area contributed by atoms with Gasteiger partial charge in [0.1, 0.15) is 0 Å². The lowest BCUT2D eigenvalue weighted by atomic mass is 9.87. The molecule has 0 spiro atoms. The van der Waals surface area contributed by atoms with Crippen LogP contribution in [-0.2, 0) is 20.0 Å². The lowest BCUT2D eigenvalue weighted by Crippen LogP contribution is -2.29. The van der Waals surface area contributed by atoms with Crippen molar-refractivity contribution < 1.29 is 5.11 Å². The Morgan fingerprint density at radius 2 is 2.33 bits per heavy atom. The molecule has 1 heterocycles. The zero-order valence-corrected chi connectivity index (χ0v) is 11.5. The summed E-state index contributed by atoms with van der Waals surface area (Å²) >= 11 is 0. The number of aryl methyl sites for hydroxylation is 2. The highest BCUT2D eigenvalue weighted by atomic mass is 16.3. The summed E-state index contributed by atoms with van der Waals surface area (Å²) in [4.78, 5) is 0. The fourth-order valence-corrected chi connectivity index (χ4v) is 2.89. The molecule has 0 aliphatic heterocycles. The lowest BCUT2D eigenvalue weighted by Gasteiger charge is -2.25. The third-order valence-corrected chi connectivity index (χ3v) is 3.83. The largest absolute Gasteiger partial charge is 0.393 e. The smallest absolute Gasteiger partial charge is 0.0666 e. The lowest BCUT2D eigenvalue weighted by molar-refractivity contribution is 0.101. The average molecular weight is 251 g/mol. The second-order valence-electron chi connectivity index (χ2n) is 5.45. The third kappa shape index (κ3) is 3.56. The summed E-state index contributed by atoms with van der Waals surface area (Å²) in [6.07, 6.45) is 7.37. The van der Waals surface area contributed by atoms with E-state index in [1.54, 1.807) is 0 Å². The maximum Gasteiger partial charge on any atom is 0.0666 e. The number of hydrogen-bond donors (Lipinski definition) is 2. The van der Waals surface area contributed by atoms with Crippen molar-refractivity contribution in [1.29, 1.82) is 0 Å². The Morgan fingerprint density at radius 3 is 3.06 bits per heavy atom. The number of nitrogens with zero attached hydrogens (tertiary/aromatic N) is 2. The maximum absolute atomic E-state index is 9.64. The van der Waals surface area contributed by atoms with Crippen LogP contribution in [0.3, 0.4) is 0 Å². The third-order valence-electron chi connectivity index (χ3n) is 3.83.